The predicted molar refractivity (Wildman–Crippen MR) is 77.4 cm³/mol. The molecule has 0 N–H and O–H groups in total. The maximum absolute atomic E-state index is 12.3. The van der Waals surface area contributed by atoms with Crippen LogP contribution in [0.15, 0.2) is 12.3 Å². The zero-order valence-corrected chi connectivity index (χ0v) is 12.7. The van der Waals surface area contributed by atoms with Crippen LogP contribution in [0.4, 0.5) is 0 Å². The minimum Gasteiger partial charge on any atom is -0.345 e. The van der Waals surface area contributed by atoms with Gasteiger partial charge in [-0.1, -0.05) is 0 Å². The van der Waals surface area contributed by atoms with Crippen molar-refractivity contribution in [3.63, 3.8) is 0 Å². The molecule has 6 heteroatoms. The molecule has 1 aromatic rings. The van der Waals surface area contributed by atoms with E-state index in [1.54, 1.807) is 4.68 Å². The Morgan fingerprint density at radius 1 is 1.33 bits per heavy atom. The van der Waals surface area contributed by atoms with Crippen molar-refractivity contribution < 1.29 is 9.59 Å². The fourth-order valence-electron chi connectivity index (χ4n) is 3.49. The Morgan fingerprint density at radius 3 is 2.57 bits per heavy atom. The van der Waals surface area contributed by atoms with Gasteiger partial charge in [0.05, 0.1) is 12.1 Å². The highest BCUT2D eigenvalue weighted by Gasteiger charge is 2.44. The molecule has 0 unspecified atom stereocenters. The largest absolute Gasteiger partial charge is 0.345 e. The molecular formula is C15H22N4O2. The van der Waals surface area contributed by atoms with E-state index in [1.807, 2.05) is 36.2 Å². The van der Waals surface area contributed by atoms with Crippen LogP contribution in [0, 0.1) is 5.41 Å². The van der Waals surface area contributed by atoms with E-state index in [4.69, 9.17) is 0 Å². The molecule has 2 fully saturated rings. The van der Waals surface area contributed by atoms with Gasteiger partial charge in [0.15, 0.2) is 0 Å². The van der Waals surface area contributed by atoms with Crippen molar-refractivity contribution in [2.75, 3.05) is 26.7 Å². The van der Waals surface area contributed by atoms with Crippen LogP contribution in [0.1, 0.15) is 25.0 Å². The third-order valence-corrected chi connectivity index (χ3v) is 4.80. The Balaban J connectivity index is 1.56. The van der Waals surface area contributed by atoms with E-state index < -0.39 is 0 Å². The van der Waals surface area contributed by atoms with Crippen LogP contribution in [-0.2, 0) is 23.1 Å². The number of likely N-dealkylation sites (tertiary alicyclic amines) is 2. The van der Waals surface area contributed by atoms with E-state index in [1.165, 1.54) is 0 Å². The number of aryl methyl sites for hydroxylation is 1. The number of rotatable bonds is 2. The number of carbonyl (C=O) groups excluding carboxylic acids is 2. The topological polar surface area (TPSA) is 58.4 Å². The number of nitrogens with zero attached hydrogens (tertiary/aromatic N) is 4. The molecule has 0 atom stereocenters. The smallest absolute Gasteiger partial charge is 0.228 e. The Kier molecular flexibility index (Phi) is 3.47. The lowest BCUT2D eigenvalue weighted by molar-refractivity contribution is -0.132. The summed E-state index contributed by atoms with van der Waals surface area (Å²) in [4.78, 5) is 27.8. The fourth-order valence-corrected chi connectivity index (χ4v) is 3.49. The van der Waals surface area contributed by atoms with Crippen LogP contribution in [0.25, 0.3) is 0 Å². The second kappa shape index (κ2) is 5.16. The highest BCUT2D eigenvalue weighted by Crippen LogP contribution is 2.40. The molecule has 3 heterocycles. The number of amides is 2. The van der Waals surface area contributed by atoms with Crippen molar-refractivity contribution in [3.8, 4) is 0 Å². The molecule has 2 saturated heterocycles. The summed E-state index contributed by atoms with van der Waals surface area (Å²) in [6, 6.07) is 1.88. The molecule has 0 aliphatic carbocycles. The van der Waals surface area contributed by atoms with Gasteiger partial charge in [-0.3, -0.25) is 14.3 Å². The van der Waals surface area contributed by atoms with Crippen LogP contribution in [0.5, 0.6) is 0 Å². The molecule has 0 saturated carbocycles. The van der Waals surface area contributed by atoms with Gasteiger partial charge in [-0.05, 0) is 18.9 Å². The van der Waals surface area contributed by atoms with Crippen molar-refractivity contribution in [3.05, 3.63) is 18.0 Å². The van der Waals surface area contributed by atoms with Gasteiger partial charge in [-0.2, -0.15) is 5.10 Å². The van der Waals surface area contributed by atoms with Crippen LogP contribution >= 0.6 is 0 Å². The standard InChI is InChI=1S/C15H22N4O2/c1-17-11-15(10-14(17)21)4-7-19(8-5-15)13(20)9-12-3-6-18(2)16-12/h3,6H,4-5,7-11H2,1-2H3. The Bertz CT molecular complexity index is 558. The zero-order chi connectivity index (χ0) is 15.0. The molecule has 2 aliphatic rings. The van der Waals surface area contributed by atoms with Crippen molar-refractivity contribution in [1.82, 2.24) is 19.6 Å². The second-order valence-corrected chi connectivity index (χ2v) is 6.46. The fraction of sp³-hybridized carbons (Fsp3) is 0.667. The minimum absolute atomic E-state index is 0.105. The van der Waals surface area contributed by atoms with Crippen LogP contribution < -0.4 is 0 Å². The first kappa shape index (κ1) is 14.1. The average molecular weight is 290 g/mol. The lowest BCUT2D eigenvalue weighted by Gasteiger charge is -2.38. The van der Waals surface area contributed by atoms with Gasteiger partial charge in [0, 0.05) is 51.8 Å². The SMILES string of the molecule is CN1CC2(CCN(C(=O)Cc3ccn(C)n3)CC2)CC1=O. The van der Waals surface area contributed by atoms with E-state index in [0.29, 0.717) is 12.8 Å². The van der Waals surface area contributed by atoms with E-state index in [2.05, 4.69) is 5.10 Å². The van der Waals surface area contributed by atoms with Crippen molar-refractivity contribution >= 4 is 11.8 Å². The van der Waals surface area contributed by atoms with E-state index in [-0.39, 0.29) is 17.2 Å². The third kappa shape index (κ3) is 2.80. The molecule has 2 amide bonds. The summed E-state index contributed by atoms with van der Waals surface area (Å²) in [5.74, 6) is 0.379. The molecule has 0 aromatic carbocycles. The van der Waals surface area contributed by atoms with Gasteiger partial charge in [0.2, 0.25) is 11.8 Å². The zero-order valence-electron chi connectivity index (χ0n) is 12.7. The van der Waals surface area contributed by atoms with Gasteiger partial charge in [0.25, 0.3) is 0 Å². The molecule has 3 rings (SSSR count). The average Bonchev–Trinajstić information content (AvgIpc) is 2.95. The Labute approximate surface area is 124 Å². The summed E-state index contributed by atoms with van der Waals surface area (Å²) in [5, 5.41) is 4.25. The molecule has 2 aliphatic heterocycles. The van der Waals surface area contributed by atoms with Crippen LogP contribution in [0.3, 0.4) is 0 Å². The van der Waals surface area contributed by atoms with Gasteiger partial charge in [-0.25, -0.2) is 0 Å². The first-order valence-corrected chi connectivity index (χ1v) is 7.48. The second-order valence-electron chi connectivity index (χ2n) is 6.46. The van der Waals surface area contributed by atoms with E-state index in [0.717, 1.165) is 38.2 Å². The van der Waals surface area contributed by atoms with Gasteiger partial charge >= 0.3 is 0 Å². The normalized spacial score (nSPS) is 21.3. The first-order chi connectivity index (χ1) is 9.97. The molecule has 1 spiro atoms. The predicted octanol–water partition coefficient (Wildman–Crippen LogP) is 0.433. The molecule has 6 nitrogen and oxygen atoms in total. The summed E-state index contributed by atoms with van der Waals surface area (Å²) in [6.45, 7) is 2.35. The van der Waals surface area contributed by atoms with Gasteiger partial charge in [0.1, 0.15) is 0 Å². The molecule has 21 heavy (non-hydrogen) atoms. The van der Waals surface area contributed by atoms with Crippen molar-refractivity contribution in [2.45, 2.75) is 25.7 Å². The van der Waals surface area contributed by atoms with Gasteiger partial charge in [-0.15, -0.1) is 0 Å². The number of hydrogen-bond acceptors (Lipinski definition) is 3. The summed E-state index contributed by atoms with van der Waals surface area (Å²) < 4.78 is 1.72. The summed E-state index contributed by atoms with van der Waals surface area (Å²) >= 11 is 0. The molecular weight excluding hydrogens is 268 g/mol. The van der Waals surface area contributed by atoms with Crippen LogP contribution in [-0.4, -0.2) is 58.1 Å². The number of hydrogen-bond donors (Lipinski definition) is 0. The van der Waals surface area contributed by atoms with Crippen molar-refractivity contribution in [1.29, 1.82) is 0 Å². The summed E-state index contributed by atoms with van der Waals surface area (Å²) in [7, 11) is 3.72. The number of carbonyl (C=O) groups is 2. The number of piperidine rings is 1. The Morgan fingerprint density at radius 2 is 2.05 bits per heavy atom. The quantitative estimate of drug-likeness (QED) is 0.794. The minimum atomic E-state index is 0.105. The summed E-state index contributed by atoms with van der Waals surface area (Å²) in [5.41, 5.74) is 0.923. The maximum Gasteiger partial charge on any atom is 0.228 e. The lowest BCUT2D eigenvalue weighted by atomic mass is 9.77. The summed E-state index contributed by atoms with van der Waals surface area (Å²) in [6.07, 6.45) is 4.72. The van der Waals surface area contributed by atoms with Crippen molar-refractivity contribution in [2.24, 2.45) is 12.5 Å². The molecule has 0 bridgehead atoms. The molecule has 1 aromatic heterocycles. The first-order valence-electron chi connectivity index (χ1n) is 7.48. The molecule has 114 valence electrons. The monoisotopic (exact) mass is 290 g/mol. The lowest BCUT2D eigenvalue weighted by Crippen LogP contribution is -2.44. The highest BCUT2D eigenvalue weighted by atomic mass is 16.2. The van der Waals surface area contributed by atoms with Gasteiger partial charge < -0.3 is 9.80 Å². The molecule has 0 radical (unpaired) electrons. The van der Waals surface area contributed by atoms with E-state index >= 15 is 0 Å². The van der Waals surface area contributed by atoms with E-state index in [9.17, 15) is 9.59 Å². The highest BCUT2D eigenvalue weighted by molar-refractivity contribution is 5.80. The maximum atomic E-state index is 12.3. The number of aromatic nitrogens is 2. The third-order valence-electron chi connectivity index (χ3n) is 4.80. The Hall–Kier alpha value is -1.85. The van der Waals surface area contributed by atoms with Crippen LogP contribution in [0.2, 0.25) is 0 Å².